The van der Waals surface area contributed by atoms with Crippen molar-refractivity contribution in [2.45, 2.75) is 26.9 Å². The lowest BCUT2D eigenvalue weighted by Crippen LogP contribution is -2.34. The fourth-order valence-electron chi connectivity index (χ4n) is 2.78. The van der Waals surface area contributed by atoms with Gasteiger partial charge in [0, 0.05) is 26.6 Å². The van der Waals surface area contributed by atoms with Crippen LogP contribution in [0.1, 0.15) is 34.1 Å². The van der Waals surface area contributed by atoms with Gasteiger partial charge in [-0.3, -0.25) is 9.59 Å². The van der Waals surface area contributed by atoms with Crippen LogP contribution in [0.5, 0.6) is 0 Å². The Bertz CT molecular complexity index is 787. The van der Waals surface area contributed by atoms with Crippen LogP contribution in [0.25, 0.3) is 0 Å². The molecule has 130 valence electrons. The zero-order valence-corrected chi connectivity index (χ0v) is 14.5. The number of benzene rings is 1. The van der Waals surface area contributed by atoms with Gasteiger partial charge in [0.1, 0.15) is 5.82 Å². The molecule has 2 N–H and O–H groups in total. The van der Waals surface area contributed by atoms with E-state index in [1.165, 1.54) is 18.1 Å². The summed E-state index contributed by atoms with van der Waals surface area (Å²) in [5.74, 6) is 0.638. The zero-order valence-electron chi connectivity index (χ0n) is 14.5. The average molecular weight is 338 g/mol. The van der Waals surface area contributed by atoms with Crippen molar-refractivity contribution in [3.63, 3.8) is 0 Å². The number of fused-ring (bicyclic) bond motifs is 1. The average Bonchev–Trinajstić information content (AvgIpc) is 2.90. The number of rotatable bonds is 6. The smallest absolute Gasteiger partial charge is 0.256 e. The maximum atomic E-state index is 12.3. The number of hydrogen-bond donors (Lipinski definition) is 2. The second kappa shape index (κ2) is 7.34. The predicted octanol–water partition coefficient (Wildman–Crippen LogP) is 2.09. The molecular weight excluding hydrogens is 316 g/mol. The molecule has 0 spiro atoms. The van der Waals surface area contributed by atoms with Gasteiger partial charge < -0.3 is 15.5 Å². The van der Waals surface area contributed by atoms with Gasteiger partial charge in [-0.1, -0.05) is 29.8 Å². The lowest BCUT2D eigenvalue weighted by atomic mass is 10.1. The zero-order chi connectivity index (χ0) is 17.8. The molecule has 2 heterocycles. The minimum absolute atomic E-state index is 0.0297. The van der Waals surface area contributed by atoms with Crippen molar-refractivity contribution in [2.75, 3.05) is 18.4 Å². The van der Waals surface area contributed by atoms with Crippen LogP contribution in [0.4, 0.5) is 5.82 Å². The minimum Gasteiger partial charge on any atom is -0.366 e. The third-order valence-corrected chi connectivity index (χ3v) is 4.18. The van der Waals surface area contributed by atoms with Crippen LogP contribution < -0.4 is 10.6 Å². The van der Waals surface area contributed by atoms with Crippen LogP contribution in [0, 0.1) is 6.92 Å². The van der Waals surface area contributed by atoms with Gasteiger partial charge in [0.05, 0.1) is 17.8 Å². The Balaban J connectivity index is 1.61. The number of amides is 2. The molecule has 0 radical (unpaired) electrons. The Kier molecular flexibility index (Phi) is 4.97. The van der Waals surface area contributed by atoms with E-state index in [-0.39, 0.29) is 11.8 Å². The summed E-state index contributed by atoms with van der Waals surface area (Å²) < 4.78 is 0. The maximum Gasteiger partial charge on any atom is 0.256 e. The number of aryl methyl sites for hydroxylation is 1. The van der Waals surface area contributed by atoms with Crippen LogP contribution in [0.3, 0.4) is 0 Å². The van der Waals surface area contributed by atoms with E-state index in [0.717, 1.165) is 11.5 Å². The third kappa shape index (κ3) is 4.15. The van der Waals surface area contributed by atoms with E-state index in [4.69, 9.17) is 0 Å². The normalized spacial score (nSPS) is 12.9. The third-order valence-electron chi connectivity index (χ3n) is 4.18. The molecule has 0 unspecified atom stereocenters. The van der Waals surface area contributed by atoms with E-state index in [0.29, 0.717) is 31.7 Å². The number of anilines is 1. The maximum absolute atomic E-state index is 12.3. The summed E-state index contributed by atoms with van der Waals surface area (Å²) in [4.78, 5) is 29.6. The van der Waals surface area contributed by atoms with Gasteiger partial charge in [-0.2, -0.15) is 0 Å². The lowest BCUT2D eigenvalue weighted by Gasteiger charge is -2.14. The Morgan fingerprint density at radius 2 is 1.96 bits per heavy atom. The minimum atomic E-state index is -0.0927. The predicted molar refractivity (Wildman–Crippen MR) is 96.2 cm³/mol. The number of nitrogens with zero attached hydrogens (tertiary/aromatic N) is 2. The summed E-state index contributed by atoms with van der Waals surface area (Å²) in [5.41, 5.74) is 3.84. The fourth-order valence-corrected chi connectivity index (χ4v) is 2.78. The van der Waals surface area contributed by atoms with Crippen LogP contribution in [-0.2, 0) is 17.9 Å². The number of aromatic nitrogens is 1. The summed E-state index contributed by atoms with van der Waals surface area (Å²) in [7, 11) is 0. The SMILES string of the molecule is CC(=O)NCCN1Cc2nc(NCc3ccc(C)cc3)ccc2C1=O. The van der Waals surface area contributed by atoms with Crippen LogP contribution in [0.2, 0.25) is 0 Å². The number of nitrogens with one attached hydrogen (secondary N) is 2. The van der Waals surface area contributed by atoms with Crippen LogP contribution in [-0.4, -0.2) is 34.8 Å². The van der Waals surface area contributed by atoms with Crippen molar-refractivity contribution in [3.05, 3.63) is 58.8 Å². The highest BCUT2D eigenvalue weighted by Gasteiger charge is 2.28. The molecule has 3 rings (SSSR count). The summed E-state index contributed by atoms with van der Waals surface area (Å²) >= 11 is 0. The molecule has 0 fully saturated rings. The fraction of sp³-hybridized carbons (Fsp3) is 0.316. The number of hydrogen-bond acceptors (Lipinski definition) is 4. The van der Waals surface area contributed by atoms with Gasteiger partial charge in [0.2, 0.25) is 5.91 Å². The molecular formula is C19H22N4O2. The molecule has 1 aromatic heterocycles. The summed E-state index contributed by atoms with van der Waals surface area (Å²) in [5, 5.41) is 6.01. The standard InChI is InChI=1S/C19H22N4O2/c1-13-3-5-15(6-4-13)11-21-18-8-7-16-17(22-18)12-23(19(16)25)10-9-20-14(2)24/h3-8H,9-12H2,1-2H3,(H,20,24)(H,21,22). The van der Waals surface area contributed by atoms with Gasteiger partial charge in [-0.15, -0.1) is 0 Å². The molecule has 1 aliphatic rings. The molecule has 0 bridgehead atoms. The van der Waals surface area contributed by atoms with Gasteiger partial charge in [0.15, 0.2) is 0 Å². The second-order valence-corrected chi connectivity index (χ2v) is 6.24. The molecule has 0 atom stereocenters. The van der Waals surface area contributed by atoms with Crippen molar-refractivity contribution in [1.29, 1.82) is 0 Å². The number of pyridine rings is 1. The Morgan fingerprint density at radius 1 is 1.20 bits per heavy atom. The molecule has 1 aliphatic heterocycles. The first-order valence-electron chi connectivity index (χ1n) is 8.36. The van der Waals surface area contributed by atoms with Crippen molar-refractivity contribution < 1.29 is 9.59 Å². The van der Waals surface area contributed by atoms with E-state index in [1.807, 2.05) is 12.1 Å². The first kappa shape index (κ1) is 17.0. The highest BCUT2D eigenvalue weighted by atomic mass is 16.2. The molecule has 0 saturated heterocycles. The Hall–Kier alpha value is -2.89. The molecule has 6 heteroatoms. The molecule has 1 aromatic carbocycles. The molecule has 2 amide bonds. The van der Waals surface area contributed by atoms with Gasteiger partial charge >= 0.3 is 0 Å². The number of carbonyl (C=O) groups is 2. The van der Waals surface area contributed by atoms with Crippen LogP contribution >= 0.6 is 0 Å². The van der Waals surface area contributed by atoms with E-state index < -0.39 is 0 Å². The molecule has 6 nitrogen and oxygen atoms in total. The molecule has 25 heavy (non-hydrogen) atoms. The van der Waals surface area contributed by atoms with E-state index >= 15 is 0 Å². The number of carbonyl (C=O) groups excluding carboxylic acids is 2. The monoisotopic (exact) mass is 338 g/mol. The highest BCUT2D eigenvalue weighted by Crippen LogP contribution is 2.22. The molecule has 0 aliphatic carbocycles. The first-order chi connectivity index (χ1) is 12.0. The lowest BCUT2D eigenvalue weighted by molar-refractivity contribution is -0.119. The largest absolute Gasteiger partial charge is 0.366 e. The van der Waals surface area contributed by atoms with Gasteiger partial charge in [-0.25, -0.2) is 4.98 Å². The molecule has 0 saturated carbocycles. The van der Waals surface area contributed by atoms with Crippen molar-refractivity contribution in [1.82, 2.24) is 15.2 Å². The second-order valence-electron chi connectivity index (χ2n) is 6.24. The summed E-state index contributed by atoms with van der Waals surface area (Å²) in [6, 6.07) is 12.0. The van der Waals surface area contributed by atoms with Crippen molar-refractivity contribution >= 4 is 17.6 Å². The van der Waals surface area contributed by atoms with Crippen molar-refractivity contribution in [3.8, 4) is 0 Å². The highest BCUT2D eigenvalue weighted by molar-refractivity contribution is 5.98. The Morgan fingerprint density at radius 3 is 2.68 bits per heavy atom. The van der Waals surface area contributed by atoms with E-state index in [2.05, 4.69) is 46.8 Å². The summed E-state index contributed by atoms with van der Waals surface area (Å²) in [6.45, 7) is 5.64. The van der Waals surface area contributed by atoms with Gasteiger partial charge in [-0.05, 0) is 24.6 Å². The van der Waals surface area contributed by atoms with E-state index in [9.17, 15) is 9.59 Å². The molecule has 2 aromatic rings. The van der Waals surface area contributed by atoms with E-state index in [1.54, 1.807) is 4.90 Å². The quantitative estimate of drug-likeness (QED) is 0.846. The van der Waals surface area contributed by atoms with Crippen molar-refractivity contribution in [2.24, 2.45) is 0 Å². The van der Waals surface area contributed by atoms with Gasteiger partial charge in [0.25, 0.3) is 5.91 Å². The topological polar surface area (TPSA) is 74.3 Å². The Labute approximate surface area is 147 Å². The van der Waals surface area contributed by atoms with Crippen LogP contribution in [0.15, 0.2) is 36.4 Å². The first-order valence-corrected chi connectivity index (χ1v) is 8.36. The summed E-state index contributed by atoms with van der Waals surface area (Å²) in [6.07, 6.45) is 0.